The molecule has 0 saturated carbocycles. The molecule has 1 aliphatic carbocycles. The van der Waals surface area contributed by atoms with Crippen molar-refractivity contribution in [3.63, 3.8) is 0 Å². The zero-order chi connectivity index (χ0) is 17.2. The third kappa shape index (κ3) is 3.01. The van der Waals surface area contributed by atoms with Crippen LogP contribution in [0.25, 0.3) is 0 Å². The highest BCUT2D eigenvalue weighted by Gasteiger charge is 2.51. The highest BCUT2D eigenvalue weighted by Crippen LogP contribution is 2.39. The van der Waals surface area contributed by atoms with Crippen molar-refractivity contribution in [1.82, 2.24) is 0 Å². The lowest BCUT2D eigenvalue weighted by atomic mass is 10.1. The fourth-order valence-corrected chi connectivity index (χ4v) is 8.62. The molecule has 1 nitrogen and oxygen atoms in total. The summed E-state index contributed by atoms with van der Waals surface area (Å²) in [6.07, 6.45) is 5.86. The van der Waals surface area contributed by atoms with Crippen molar-refractivity contribution in [2.45, 2.75) is 45.3 Å². The van der Waals surface area contributed by atoms with Crippen LogP contribution in [0.2, 0.25) is 5.04 Å². The highest BCUT2D eigenvalue weighted by molar-refractivity contribution is 6.99. The molecule has 0 amide bonds. The third-order valence-corrected chi connectivity index (χ3v) is 10.2. The first-order valence-electron chi connectivity index (χ1n) is 8.91. The van der Waals surface area contributed by atoms with Gasteiger partial charge in [-0.3, -0.25) is 0 Å². The van der Waals surface area contributed by atoms with E-state index in [1.165, 1.54) is 10.4 Å². The second-order valence-corrected chi connectivity index (χ2v) is 12.1. The predicted octanol–water partition coefficient (Wildman–Crippen LogP) is 4.53. The molecule has 2 heteroatoms. The quantitative estimate of drug-likeness (QED) is 0.589. The molecule has 0 aliphatic heterocycles. The molecule has 0 saturated heterocycles. The monoisotopic (exact) mass is 336 g/mol. The van der Waals surface area contributed by atoms with Gasteiger partial charge in [0, 0.05) is 0 Å². The van der Waals surface area contributed by atoms with E-state index < -0.39 is 8.32 Å². The van der Waals surface area contributed by atoms with Crippen LogP contribution in [0, 0.1) is 5.92 Å². The van der Waals surface area contributed by atoms with Crippen molar-refractivity contribution in [2.75, 3.05) is 0 Å². The second-order valence-electron chi connectivity index (χ2n) is 7.84. The Hall–Kier alpha value is -1.64. The second kappa shape index (κ2) is 6.70. The molecule has 0 bridgehead atoms. The van der Waals surface area contributed by atoms with Gasteiger partial charge in [0.05, 0.1) is 6.10 Å². The van der Waals surface area contributed by atoms with E-state index in [1.54, 1.807) is 0 Å². The topological polar surface area (TPSA) is 9.23 Å². The molecule has 0 radical (unpaired) electrons. The average molecular weight is 337 g/mol. The molecule has 2 atom stereocenters. The summed E-state index contributed by atoms with van der Waals surface area (Å²) in [5.74, 6) is 0.478. The Morgan fingerprint density at radius 2 is 1.38 bits per heavy atom. The molecule has 2 aromatic carbocycles. The highest BCUT2D eigenvalue weighted by atomic mass is 28.4. The third-order valence-electron chi connectivity index (χ3n) is 5.14. The van der Waals surface area contributed by atoms with Gasteiger partial charge >= 0.3 is 0 Å². The molecule has 0 fully saturated rings. The SMILES string of the molecule is C[C@H]1C=CC[C@@H]1O[Si](c1ccccc1)(c1ccccc1)C(C)(C)C. The summed E-state index contributed by atoms with van der Waals surface area (Å²) in [5, 5.41) is 2.78. The summed E-state index contributed by atoms with van der Waals surface area (Å²) in [4.78, 5) is 0. The predicted molar refractivity (Wildman–Crippen MR) is 105 cm³/mol. The summed E-state index contributed by atoms with van der Waals surface area (Å²) >= 11 is 0. The van der Waals surface area contributed by atoms with Crippen molar-refractivity contribution >= 4 is 18.7 Å². The summed E-state index contributed by atoms with van der Waals surface area (Å²) in [6.45, 7) is 9.29. The number of hydrogen-bond acceptors (Lipinski definition) is 1. The maximum absolute atomic E-state index is 7.12. The Labute approximate surface area is 147 Å². The van der Waals surface area contributed by atoms with Crippen LogP contribution < -0.4 is 10.4 Å². The lowest BCUT2D eigenvalue weighted by Crippen LogP contribution is -2.67. The van der Waals surface area contributed by atoms with Gasteiger partial charge < -0.3 is 4.43 Å². The van der Waals surface area contributed by atoms with E-state index in [0.29, 0.717) is 5.92 Å². The first-order chi connectivity index (χ1) is 11.4. The van der Waals surface area contributed by atoms with E-state index in [0.717, 1.165) is 6.42 Å². The molecule has 126 valence electrons. The molecule has 0 heterocycles. The Morgan fingerprint density at radius 1 is 0.875 bits per heavy atom. The van der Waals surface area contributed by atoms with E-state index in [9.17, 15) is 0 Å². The Kier molecular flexibility index (Phi) is 4.80. The molecule has 3 rings (SSSR count). The maximum Gasteiger partial charge on any atom is 0.261 e. The van der Waals surface area contributed by atoms with Crippen LogP contribution in [0.1, 0.15) is 34.1 Å². The molecule has 24 heavy (non-hydrogen) atoms. The number of benzene rings is 2. The Balaban J connectivity index is 2.17. The Morgan fingerprint density at radius 3 is 1.75 bits per heavy atom. The molecule has 1 aliphatic rings. The molecule has 2 aromatic rings. The van der Waals surface area contributed by atoms with E-state index in [1.807, 2.05) is 0 Å². The van der Waals surface area contributed by atoms with Gasteiger partial charge in [-0.1, -0.05) is 101 Å². The fraction of sp³-hybridized carbons (Fsp3) is 0.364. The van der Waals surface area contributed by atoms with E-state index in [-0.39, 0.29) is 11.1 Å². The first-order valence-corrected chi connectivity index (χ1v) is 10.8. The zero-order valence-corrected chi connectivity index (χ0v) is 16.2. The van der Waals surface area contributed by atoms with Crippen molar-refractivity contribution in [1.29, 1.82) is 0 Å². The fourth-order valence-electron chi connectivity index (χ4n) is 3.84. The molecule has 0 unspecified atom stereocenters. The van der Waals surface area contributed by atoms with Gasteiger partial charge in [-0.15, -0.1) is 0 Å². The van der Waals surface area contributed by atoms with Gasteiger partial charge in [0.1, 0.15) is 0 Å². The standard InChI is InChI=1S/C22H28OSi/c1-18-12-11-17-21(18)23-24(22(2,3)4,19-13-7-5-8-14-19)20-15-9-6-10-16-20/h5-16,18,21H,17H2,1-4H3/t18-,21-/m0/s1. The molecular formula is C22H28OSi. The van der Waals surface area contributed by atoms with Crippen molar-refractivity contribution in [2.24, 2.45) is 5.92 Å². The van der Waals surface area contributed by atoms with Crippen LogP contribution in [0.3, 0.4) is 0 Å². The van der Waals surface area contributed by atoms with Gasteiger partial charge in [-0.2, -0.15) is 0 Å². The zero-order valence-electron chi connectivity index (χ0n) is 15.2. The minimum absolute atomic E-state index is 0.0536. The smallest absolute Gasteiger partial charge is 0.261 e. The summed E-state index contributed by atoms with van der Waals surface area (Å²) in [6, 6.07) is 21.8. The largest absolute Gasteiger partial charge is 0.404 e. The molecule has 0 aromatic heterocycles. The number of rotatable bonds is 4. The minimum Gasteiger partial charge on any atom is -0.404 e. The van der Waals surface area contributed by atoms with Crippen LogP contribution >= 0.6 is 0 Å². The van der Waals surface area contributed by atoms with Crippen LogP contribution in [-0.4, -0.2) is 14.4 Å². The van der Waals surface area contributed by atoms with E-state index in [4.69, 9.17) is 4.43 Å². The van der Waals surface area contributed by atoms with Crippen molar-refractivity contribution < 1.29 is 4.43 Å². The van der Waals surface area contributed by atoms with Crippen LogP contribution in [0.15, 0.2) is 72.8 Å². The molecule has 0 spiro atoms. The van der Waals surface area contributed by atoms with E-state index >= 15 is 0 Å². The van der Waals surface area contributed by atoms with Gasteiger partial charge in [0.15, 0.2) is 0 Å². The summed E-state index contributed by atoms with van der Waals surface area (Å²) < 4.78 is 7.12. The average Bonchev–Trinajstić information content (AvgIpc) is 2.98. The summed E-state index contributed by atoms with van der Waals surface area (Å²) in [5.41, 5.74) is 0. The van der Waals surface area contributed by atoms with Gasteiger partial charge in [0.2, 0.25) is 0 Å². The normalized spacial score (nSPS) is 21.2. The van der Waals surface area contributed by atoms with Crippen molar-refractivity contribution in [3.05, 3.63) is 72.8 Å². The van der Waals surface area contributed by atoms with Crippen LogP contribution in [0.4, 0.5) is 0 Å². The lowest BCUT2D eigenvalue weighted by molar-refractivity contribution is 0.164. The Bertz CT molecular complexity index is 645. The maximum atomic E-state index is 7.12. The van der Waals surface area contributed by atoms with Gasteiger partial charge in [-0.05, 0) is 27.8 Å². The molecule has 0 N–H and O–H groups in total. The van der Waals surface area contributed by atoms with Gasteiger partial charge in [-0.25, -0.2) is 0 Å². The first kappa shape index (κ1) is 17.2. The number of hydrogen-bond donors (Lipinski definition) is 0. The summed E-state index contributed by atoms with van der Waals surface area (Å²) in [7, 11) is -2.40. The van der Waals surface area contributed by atoms with Crippen LogP contribution in [-0.2, 0) is 4.43 Å². The molecular weight excluding hydrogens is 308 g/mol. The minimum atomic E-state index is -2.40. The van der Waals surface area contributed by atoms with Crippen molar-refractivity contribution in [3.8, 4) is 0 Å². The van der Waals surface area contributed by atoms with Crippen LogP contribution in [0.5, 0.6) is 0 Å². The van der Waals surface area contributed by atoms with Gasteiger partial charge in [0.25, 0.3) is 8.32 Å². The lowest BCUT2D eigenvalue weighted by Gasteiger charge is -2.45. The van der Waals surface area contributed by atoms with E-state index in [2.05, 4.69) is 101 Å².